The van der Waals surface area contributed by atoms with Crippen LogP contribution < -0.4 is 15.4 Å². The van der Waals surface area contributed by atoms with Gasteiger partial charge in [0, 0.05) is 11.3 Å². The normalized spacial score (nSPS) is 10.5. The summed E-state index contributed by atoms with van der Waals surface area (Å²) in [6.45, 7) is 4.04. The van der Waals surface area contributed by atoms with E-state index in [4.69, 9.17) is 9.15 Å². The predicted octanol–water partition coefficient (Wildman–Crippen LogP) is 3.36. The number of methoxy groups -OCH3 is 1. The molecule has 2 N–H and O–H groups in total. The molecule has 2 amide bonds. The maximum atomic E-state index is 12.2. The number of benzene rings is 2. The van der Waals surface area contributed by atoms with Crippen molar-refractivity contribution in [3.8, 4) is 5.75 Å². The standard InChI is InChI=1S/C21H22N4O4S/c1-13-4-9-17(14(2)10-13)23-18(26)12-30-21-25-24-19(29-21)11-22-20(27)15-5-7-16(28-3)8-6-15/h4-10H,11-12H2,1-3H3,(H,22,27)(H,23,26). The van der Waals surface area contributed by atoms with E-state index in [1.54, 1.807) is 31.4 Å². The minimum absolute atomic E-state index is 0.0905. The minimum Gasteiger partial charge on any atom is -0.497 e. The monoisotopic (exact) mass is 426 g/mol. The van der Waals surface area contributed by atoms with Gasteiger partial charge in [-0.1, -0.05) is 29.5 Å². The molecule has 3 rings (SSSR count). The van der Waals surface area contributed by atoms with Gasteiger partial charge in [-0.05, 0) is 49.7 Å². The van der Waals surface area contributed by atoms with Gasteiger partial charge in [-0.3, -0.25) is 9.59 Å². The van der Waals surface area contributed by atoms with Gasteiger partial charge in [-0.2, -0.15) is 0 Å². The van der Waals surface area contributed by atoms with Crippen LogP contribution in [0.2, 0.25) is 0 Å². The van der Waals surface area contributed by atoms with Crippen molar-refractivity contribution in [2.24, 2.45) is 0 Å². The number of hydrogen-bond donors (Lipinski definition) is 2. The van der Waals surface area contributed by atoms with Crippen LogP contribution in [0, 0.1) is 13.8 Å². The fourth-order valence-electron chi connectivity index (χ4n) is 2.64. The zero-order chi connectivity index (χ0) is 21.5. The highest BCUT2D eigenvalue weighted by molar-refractivity contribution is 7.99. The van der Waals surface area contributed by atoms with Crippen LogP contribution >= 0.6 is 11.8 Å². The molecule has 0 bridgehead atoms. The van der Waals surface area contributed by atoms with Crippen LogP contribution in [0.5, 0.6) is 5.75 Å². The Bertz CT molecular complexity index is 1030. The average Bonchev–Trinajstić information content (AvgIpc) is 3.20. The van der Waals surface area contributed by atoms with Crippen LogP contribution in [-0.2, 0) is 11.3 Å². The Hall–Kier alpha value is -3.33. The number of aromatic nitrogens is 2. The highest BCUT2D eigenvalue weighted by Crippen LogP contribution is 2.19. The van der Waals surface area contributed by atoms with E-state index in [9.17, 15) is 9.59 Å². The van der Waals surface area contributed by atoms with Crippen LogP contribution in [-0.4, -0.2) is 34.9 Å². The molecule has 0 saturated heterocycles. The summed E-state index contributed by atoms with van der Waals surface area (Å²) in [5.74, 6) is 0.630. The van der Waals surface area contributed by atoms with Crippen LogP contribution in [0.25, 0.3) is 0 Å². The summed E-state index contributed by atoms with van der Waals surface area (Å²) in [4.78, 5) is 24.3. The van der Waals surface area contributed by atoms with E-state index < -0.39 is 0 Å². The number of ether oxygens (including phenoxy) is 1. The first kappa shape index (κ1) is 21.4. The number of thioether (sulfide) groups is 1. The summed E-state index contributed by atoms with van der Waals surface area (Å²) in [6.07, 6.45) is 0. The Labute approximate surface area is 178 Å². The van der Waals surface area contributed by atoms with Crippen LogP contribution in [0.3, 0.4) is 0 Å². The lowest BCUT2D eigenvalue weighted by Gasteiger charge is -2.08. The third-order valence-corrected chi connectivity index (χ3v) is 5.00. The fraction of sp³-hybridized carbons (Fsp3) is 0.238. The molecule has 0 aliphatic rings. The Kier molecular flexibility index (Phi) is 7.08. The number of nitrogens with one attached hydrogen (secondary N) is 2. The number of rotatable bonds is 8. The van der Waals surface area contributed by atoms with Gasteiger partial charge in [0.15, 0.2) is 0 Å². The molecule has 0 aliphatic carbocycles. The summed E-state index contributed by atoms with van der Waals surface area (Å²) in [6, 6.07) is 12.6. The summed E-state index contributed by atoms with van der Waals surface area (Å²) >= 11 is 1.13. The van der Waals surface area contributed by atoms with Crippen LogP contribution in [0.15, 0.2) is 52.1 Å². The van der Waals surface area contributed by atoms with Gasteiger partial charge in [0.1, 0.15) is 5.75 Å². The molecule has 0 fully saturated rings. The molecule has 1 aromatic heterocycles. The molecule has 3 aromatic rings. The SMILES string of the molecule is COc1ccc(C(=O)NCc2nnc(SCC(=O)Nc3ccc(C)cc3C)o2)cc1. The Morgan fingerprint density at radius 1 is 1.10 bits per heavy atom. The number of carbonyl (C=O) groups excluding carboxylic acids is 2. The number of carbonyl (C=O) groups is 2. The summed E-state index contributed by atoms with van der Waals surface area (Å²) in [7, 11) is 1.56. The molecule has 156 valence electrons. The number of aryl methyl sites for hydroxylation is 2. The zero-order valence-corrected chi connectivity index (χ0v) is 17.7. The summed E-state index contributed by atoms with van der Waals surface area (Å²) in [5, 5.41) is 13.6. The van der Waals surface area contributed by atoms with E-state index in [0.717, 1.165) is 28.6 Å². The van der Waals surface area contributed by atoms with Gasteiger partial charge in [0.05, 0.1) is 19.4 Å². The van der Waals surface area contributed by atoms with E-state index in [-0.39, 0.29) is 35.2 Å². The first-order valence-electron chi connectivity index (χ1n) is 9.19. The molecule has 0 saturated carbocycles. The van der Waals surface area contributed by atoms with Crippen LogP contribution in [0.4, 0.5) is 5.69 Å². The van der Waals surface area contributed by atoms with Crippen molar-refractivity contribution in [3.05, 3.63) is 65.0 Å². The van der Waals surface area contributed by atoms with Gasteiger partial charge < -0.3 is 19.8 Å². The van der Waals surface area contributed by atoms with Crippen molar-refractivity contribution < 1.29 is 18.7 Å². The average molecular weight is 426 g/mol. The number of anilines is 1. The van der Waals surface area contributed by atoms with E-state index >= 15 is 0 Å². The Morgan fingerprint density at radius 3 is 2.57 bits per heavy atom. The predicted molar refractivity (Wildman–Crippen MR) is 114 cm³/mol. The Morgan fingerprint density at radius 2 is 1.87 bits per heavy atom. The molecule has 0 atom stereocenters. The largest absolute Gasteiger partial charge is 0.497 e. The molecule has 8 nitrogen and oxygen atoms in total. The van der Waals surface area contributed by atoms with Crippen molar-refractivity contribution >= 4 is 29.3 Å². The number of nitrogens with zero attached hydrogens (tertiary/aromatic N) is 2. The number of hydrogen-bond acceptors (Lipinski definition) is 7. The second kappa shape index (κ2) is 9.93. The second-order valence-corrected chi connectivity index (χ2v) is 7.45. The van der Waals surface area contributed by atoms with Crippen molar-refractivity contribution in [2.75, 3.05) is 18.2 Å². The van der Waals surface area contributed by atoms with Crippen molar-refractivity contribution in [1.82, 2.24) is 15.5 Å². The van der Waals surface area contributed by atoms with Crippen molar-refractivity contribution in [3.63, 3.8) is 0 Å². The first-order valence-corrected chi connectivity index (χ1v) is 10.2. The molecular weight excluding hydrogens is 404 g/mol. The van der Waals surface area contributed by atoms with Crippen molar-refractivity contribution in [1.29, 1.82) is 0 Å². The van der Waals surface area contributed by atoms with E-state index in [0.29, 0.717) is 11.3 Å². The van der Waals surface area contributed by atoms with E-state index in [1.807, 2.05) is 32.0 Å². The molecule has 30 heavy (non-hydrogen) atoms. The lowest BCUT2D eigenvalue weighted by atomic mass is 10.1. The van der Waals surface area contributed by atoms with Gasteiger partial charge >= 0.3 is 0 Å². The van der Waals surface area contributed by atoms with E-state index in [1.165, 1.54) is 0 Å². The third kappa shape index (κ3) is 5.84. The fourth-order valence-corrected chi connectivity index (χ4v) is 3.22. The molecule has 1 heterocycles. The highest BCUT2D eigenvalue weighted by Gasteiger charge is 2.12. The summed E-state index contributed by atoms with van der Waals surface area (Å²) < 4.78 is 10.5. The van der Waals surface area contributed by atoms with Gasteiger partial charge in [0.2, 0.25) is 11.8 Å². The highest BCUT2D eigenvalue weighted by atomic mass is 32.2. The van der Waals surface area contributed by atoms with E-state index in [2.05, 4.69) is 20.8 Å². The lowest BCUT2D eigenvalue weighted by Crippen LogP contribution is -2.22. The molecule has 9 heteroatoms. The van der Waals surface area contributed by atoms with Gasteiger partial charge in [-0.25, -0.2) is 0 Å². The lowest BCUT2D eigenvalue weighted by molar-refractivity contribution is -0.113. The summed E-state index contributed by atoms with van der Waals surface area (Å²) in [5.41, 5.74) is 3.41. The number of amides is 2. The third-order valence-electron chi connectivity index (χ3n) is 4.18. The minimum atomic E-state index is -0.266. The van der Waals surface area contributed by atoms with Crippen LogP contribution in [0.1, 0.15) is 27.4 Å². The maximum absolute atomic E-state index is 12.2. The van der Waals surface area contributed by atoms with Gasteiger partial charge in [0.25, 0.3) is 11.1 Å². The zero-order valence-electron chi connectivity index (χ0n) is 16.9. The van der Waals surface area contributed by atoms with Crippen molar-refractivity contribution in [2.45, 2.75) is 25.6 Å². The molecule has 0 aliphatic heterocycles. The molecule has 0 radical (unpaired) electrons. The molecular formula is C21H22N4O4S. The first-order chi connectivity index (χ1) is 14.4. The second-order valence-electron chi connectivity index (χ2n) is 6.53. The smallest absolute Gasteiger partial charge is 0.277 e. The quantitative estimate of drug-likeness (QED) is 0.532. The van der Waals surface area contributed by atoms with Gasteiger partial charge in [-0.15, -0.1) is 10.2 Å². The molecule has 0 unspecified atom stereocenters. The maximum Gasteiger partial charge on any atom is 0.277 e. The molecule has 2 aromatic carbocycles. The Balaban J connectivity index is 1.46. The molecule has 0 spiro atoms. The topological polar surface area (TPSA) is 106 Å².